The molecule has 2 heterocycles. The number of fused-ring (bicyclic) bond motifs is 1. The van der Waals surface area contributed by atoms with E-state index in [9.17, 15) is 18.8 Å². The lowest BCUT2D eigenvalue weighted by Gasteiger charge is -2.23. The number of benzene rings is 2. The number of likely N-dealkylation sites (tertiary alicyclic amines) is 1. The number of hydrogen-bond acceptors (Lipinski definition) is 4. The first-order chi connectivity index (χ1) is 15.2. The predicted octanol–water partition coefficient (Wildman–Crippen LogP) is 3.43. The van der Waals surface area contributed by atoms with E-state index in [1.54, 1.807) is 11.0 Å². The van der Waals surface area contributed by atoms with Crippen LogP contribution < -0.4 is 10.1 Å². The van der Waals surface area contributed by atoms with Crippen LogP contribution in [0.15, 0.2) is 30.3 Å². The molecule has 2 aliphatic heterocycles. The van der Waals surface area contributed by atoms with Crippen LogP contribution in [0.3, 0.4) is 0 Å². The number of ether oxygens (including phenoxy) is 1. The van der Waals surface area contributed by atoms with Gasteiger partial charge in [-0.15, -0.1) is 0 Å². The van der Waals surface area contributed by atoms with Crippen molar-refractivity contribution in [1.29, 1.82) is 0 Å². The lowest BCUT2D eigenvalue weighted by Crippen LogP contribution is -2.47. The van der Waals surface area contributed by atoms with E-state index in [-0.39, 0.29) is 23.7 Å². The van der Waals surface area contributed by atoms with Crippen molar-refractivity contribution in [2.75, 3.05) is 13.1 Å². The Bertz CT molecular complexity index is 1100. The van der Waals surface area contributed by atoms with Gasteiger partial charge in [-0.25, -0.2) is 4.39 Å². The number of nitrogens with zero attached hydrogens (tertiary/aromatic N) is 1. The summed E-state index contributed by atoms with van der Waals surface area (Å²) in [5, 5.41) is 2.92. The summed E-state index contributed by atoms with van der Waals surface area (Å²) in [5.41, 5.74) is 3.27. The van der Waals surface area contributed by atoms with Gasteiger partial charge >= 0.3 is 0 Å². The molecule has 2 aromatic rings. The van der Waals surface area contributed by atoms with Gasteiger partial charge in [0.1, 0.15) is 23.7 Å². The maximum absolute atomic E-state index is 14.7. The maximum Gasteiger partial charge on any atom is 0.242 e. The molecule has 0 bridgehead atoms. The van der Waals surface area contributed by atoms with Crippen LogP contribution in [0.2, 0.25) is 0 Å². The summed E-state index contributed by atoms with van der Waals surface area (Å²) in [4.78, 5) is 37.8. The van der Waals surface area contributed by atoms with Gasteiger partial charge in [0.05, 0.1) is 6.54 Å². The summed E-state index contributed by atoms with van der Waals surface area (Å²) >= 11 is 0. The number of ketones is 1. The Morgan fingerprint density at radius 2 is 1.94 bits per heavy atom. The zero-order valence-electron chi connectivity index (χ0n) is 18.5. The molecule has 0 radical (unpaired) electrons. The highest BCUT2D eigenvalue weighted by Gasteiger charge is 2.33. The van der Waals surface area contributed by atoms with Crippen molar-refractivity contribution >= 4 is 17.6 Å². The molecule has 32 heavy (non-hydrogen) atoms. The minimum absolute atomic E-state index is 0.0953. The summed E-state index contributed by atoms with van der Waals surface area (Å²) in [7, 11) is 0. The third kappa shape index (κ3) is 4.24. The minimum Gasteiger partial charge on any atom is -0.487 e. The van der Waals surface area contributed by atoms with E-state index in [1.165, 1.54) is 26.0 Å². The molecule has 0 unspecified atom stereocenters. The number of nitrogens with one attached hydrogen (secondary N) is 1. The fraction of sp³-hybridized carbons (Fsp3) is 0.400. The maximum atomic E-state index is 14.7. The molecule has 6 nitrogen and oxygen atoms in total. The summed E-state index contributed by atoms with van der Waals surface area (Å²) in [6.45, 7) is 5.76. The van der Waals surface area contributed by atoms with Crippen molar-refractivity contribution in [3.8, 4) is 16.9 Å². The average Bonchev–Trinajstić information content (AvgIpc) is 3.38. The van der Waals surface area contributed by atoms with Crippen molar-refractivity contribution in [1.82, 2.24) is 10.2 Å². The lowest BCUT2D eigenvalue weighted by atomic mass is 9.95. The number of amides is 2. The van der Waals surface area contributed by atoms with Gasteiger partial charge in [0.25, 0.3) is 0 Å². The quantitative estimate of drug-likeness (QED) is 0.726. The molecule has 4 rings (SSSR count). The molecule has 1 saturated heterocycles. The van der Waals surface area contributed by atoms with Crippen molar-refractivity contribution in [3.63, 3.8) is 0 Å². The topological polar surface area (TPSA) is 75.7 Å². The Kier molecular flexibility index (Phi) is 6.00. The number of aryl methyl sites for hydroxylation is 1. The van der Waals surface area contributed by atoms with Crippen LogP contribution in [0.1, 0.15) is 48.2 Å². The lowest BCUT2D eigenvalue weighted by molar-refractivity contribution is -0.137. The largest absolute Gasteiger partial charge is 0.487 e. The van der Waals surface area contributed by atoms with E-state index in [2.05, 4.69) is 5.32 Å². The smallest absolute Gasteiger partial charge is 0.242 e. The summed E-state index contributed by atoms with van der Waals surface area (Å²) < 4.78 is 20.8. The van der Waals surface area contributed by atoms with Crippen LogP contribution in [0, 0.1) is 12.7 Å². The molecule has 7 heteroatoms. The van der Waals surface area contributed by atoms with Crippen molar-refractivity contribution in [3.05, 3.63) is 52.8 Å². The first-order valence-electron chi connectivity index (χ1n) is 10.9. The van der Waals surface area contributed by atoms with Gasteiger partial charge in [-0.05, 0) is 62.1 Å². The van der Waals surface area contributed by atoms with Crippen LogP contribution in [0.25, 0.3) is 11.1 Å². The third-order valence-electron chi connectivity index (χ3n) is 6.17. The normalized spacial score (nSPS) is 19.4. The Morgan fingerprint density at radius 3 is 2.66 bits per heavy atom. The van der Waals surface area contributed by atoms with E-state index in [0.717, 1.165) is 17.5 Å². The number of rotatable bonds is 5. The fourth-order valence-electron chi connectivity index (χ4n) is 4.61. The van der Waals surface area contributed by atoms with Gasteiger partial charge in [-0.3, -0.25) is 14.4 Å². The SMILES string of the molecule is CC(=O)c1ccc(F)c(-c2cc(C)cc3c2O[C@@H](CNC(=O)[C@@H]2CCCN2C(C)=O)C3)c1. The molecule has 0 aliphatic carbocycles. The summed E-state index contributed by atoms with van der Waals surface area (Å²) in [5.74, 6) is -0.242. The molecule has 2 aliphatic rings. The number of hydrogen-bond donors (Lipinski definition) is 1. The van der Waals surface area contributed by atoms with Gasteiger partial charge in [0.2, 0.25) is 11.8 Å². The molecule has 0 spiro atoms. The minimum atomic E-state index is -0.433. The summed E-state index contributed by atoms with van der Waals surface area (Å²) in [6.07, 6.45) is 1.77. The molecule has 2 amide bonds. The second-order valence-corrected chi connectivity index (χ2v) is 8.61. The van der Waals surface area contributed by atoms with Gasteiger partial charge in [-0.2, -0.15) is 0 Å². The van der Waals surface area contributed by atoms with E-state index < -0.39 is 11.9 Å². The molecular weight excluding hydrogens is 411 g/mol. The average molecular weight is 438 g/mol. The first kappa shape index (κ1) is 22.0. The molecule has 1 N–H and O–H groups in total. The van der Waals surface area contributed by atoms with Gasteiger partial charge in [-0.1, -0.05) is 6.07 Å². The van der Waals surface area contributed by atoms with E-state index in [4.69, 9.17) is 4.74 Å². The number of carbonyl (C=O) groups excluding carboxylic acids is 3. The molecule has 2 atom stereocenters. The van der Waals surface area contributed by atoms with Gasteiger partial charge < -0.3 is 15.0 Å². The second kappa shape index (κ2) is 8.73. The van der Waals surface area contributed by atoms with Crippen LogP contribution in [-0.2, 0) is 16.0 Å². The first-order valence-corrected chi connectivity index (χ1v) is 10.9. The molecule has 2 aromatic carbocycles. The zero-order valence-corrected chi connectivity index (χ0v) is 18.5. The van der Waals surface area contributed by atoms with Crippen LogP contribution in [0.4, 0.5) is 4.39 Å². The van der Waals surface area contributed by atoms with Crippen LogP contribution in [-0.4, -0.2) is 47.7 Å². The number of Topliss-reactive ketones (excluding diaryl/α,β-unsaturated/α-hetero) is 1. The highest BCUT2D eigenvalue weighted by atomic mass is 19.1. The zero-order chi connectivity index (χ0) is 23.0. The molecule has 168 valence electrons. The fourth-order valence-corrected chi connectivity index (χ4v) is 4.61. The molecular formula is C25H27FN2O4. The molecule has 1 fully saturated rings. The molecule has 0 saturated carbocycles. The van der Waals surface area contributed by atoms with Crippen molar-refractivity contribution in [2.24, 2.45) is 0 Å². The van der Waals surface area contributed by atoms with Gasteiger partial charge in [0, 0.05) is 36.6 Å². The van der Waals surface area contributed by atoms with E-state index in [1.807, 2.05) is 19.1 Å². The highest BCUT2D eigenvalue weighted by molar-refractivity contribution is 5.95. The Hall–Kier alpha value is -3.22. The van der Waals surface area contributed by atoms with Crippen molar-refractivity contribution < 1.29 is 23.5 Å². The van der Waals surface area contributed by atoms with Crippen molar-refractivity contribution in [2.45, 2.75) is 52.2 Å². The van der Waals surface area contributed by atoms with Crippen LogP contribution >= 0.6 is 0 Å². The third-order valence-corrected chi connectivity index (χ3v) is 6.17. The number of halogens is 1. The Balaban J connectivity index is 1.52. The van der Waals surface area contributed by atoms with Gasteiger partial charge in [0.15, 0.2) is 5.78 Å². The predicted molar refractivity (Wildman–Crippen MR) is 118 cm³/mol. The summed E-state index contributed by atoms with van der Waals surface area (Å²) in [6, 6.07) is 7.76. The van der Waals surface area contributed by atoms with E-state index >= 15 is 0 Å². The Labute approximate surface area is 186 Å². The highest BCUT2D eigenvalue weighted by Crippen LogP contribution is 2.41. The monoisotopic (exact) mass is 438 g/mol. The standard InChI is InChI=1S/C25H27FN2O4/c1-14-9-18-11-19(13-27-25(31)23-5-4-8-28(23)16(3)30)32-24(18)21(10-14)20-12-17(15(2)29)6-7-22(20)26/h6-7,9-10,12,19,23H,4-5,8,11,13H2,1-3H3,(H,27,31)/t19-,23+/m1/s1. The second-order valence-electron chi connectivity index (χ2n) is 8.61. The Morgan fingerprint density at radius 1 is 1.16 bits per heavy atom. The number of carbonyl (C=O) groups is 3. The molecule has 0 aromatic heterocycles. The van der Waals surface area contributed by atoms with E-state index in [0.29, 0.717) is 48.4 Å². The van der Waals surface area contributed by atoms with Crippen LogP contribution in [0.5, 0.6) is 5.75 Å².